The Kier molecular flexibility index (Phi) is 9.65. The van der Waals surface area contributed by atoms with Crippen molar-refractivity contribution in [2.45, 2.75) is 56.5 Å². The molecule has 1 saturated heterocycles. The van der Waals surface area contributed by atoms with Crippen LogP contribution in [0.3, 0.4) is 0 Å². The number of hydrogen-bond donors (Lipinski definition) is 4. The predicted molar refractivity (Wildman–Crippen MR) is 146 cm³/mol. The van der Waals surface area contributed by atoms with E-state index < -0.39 is 42.3 Å². The highest BCUT2D eigenvalue weighted by atomic mass is 35.5. The number of fused-ring (bicyclic) bond motifs is 2. The Labute approximate surface area is 247 Å². The molecule has 42 heavy (non-hydrogen) atoms. The minimum atomic E-state index is -3.00. The van der Waals surface area contributed by atoms with Crippen LogP contribution in [0.1, 0.15) is 41.5 Å². The van der Waals surface area contributed by atoms with Crippen LogP contribution >= 0.6 is 22.9 Å². The van der Waals surface area contributed by atoms with Crippen LogP contribution in [0.25, 0.3) is 5.69 Å². The van der Waals surface area contributed by atoms with Crippen molar-refractivity contribution in [1.29, 1.82) is 0 Å². The molecule has 2 aliphatic rings. The molecule has 4 heterocycles. The summed E-state index contributed by atoms with van der Waals surface area (Å²) in [5, 5.41) is 37.1. The van der Waals surface area contributed by atoms with E-state index in [-0.39, 0.29) is 11.4 Å². The van der Waals surface area contributed by atoms with E-state index in [9.17, 15) is 22.8 Å². The first kappa shape index (κ1) is 31.9. The molecule has 0 aliphatic carbocycles. The molecule has 10 nitrogen and oxygen atoms in total. The summed E-state index contributed by atoms with van der Waals surface area (Å²) in [5.74, 6) is -6.86. The number of carboxylic acid groups (broad SMARTS) is 2. The van der Waals surface area contributed by atoms with Crippen molar-refractivity contribution < 1.29 is 47.9 Å². The molecule has 0 amide bonds. The fourth-order valence-corrected chi connectivity index (χ4v) is 6.41. The van der Waals surface area contributed by atoms with Crippen molar-refractivity contribution in [2.24, 2.45) is 0 Å². The highest BCUT2D eigenvalue weighted by molar-refractivity contribution is 7.16. The van der Waals surface area contributed by atoms with Crippen molar-refractivity contribution in [3.63, 3.8) is 0 Å². The summed E-state index contributed by atoms with van der Waals surface area (Å²) in [6, 6.07) is 7.96. The normalized spacial score (nSPS) is 18.9. The van der Waals surface area contributed by atoms with E-state index in [1.54, 1.807) is 22.9 Å². The SMILES string of the molecule is CCc1nn(-c2ccccc2F)cc1CN1CCC2(CC1)OCC(F)(F)c1cc(Cl)sc12.O=C(O)[C@H](O)[C@@H](O)C(=O)O. The Balaban J connectivity index is 0.000000349. The molecule has 0 radical (unpaired) electrons. The predicted octanol–water partition coefficient (Wildman–Crippen LogP) is 3.78. The number of alkyl halides is 2. The van der Waals surface area contributed by atoms with Gasteiger partial charge in [0.2, 0.25) is 0 Å². The van der Waals surface area contributed by atoms with E-state index in [0.29, 0.717) is 47.4 Å². The number of aliphatic carboxylic acids is 2. The number of likely N-dealkylation sites (tertiary alicyclic amines) is 1. The number of aromatic nitrogens is 2. The Morgan fingerprint density at radius 1 is 1.14 bits per heavy atom. The van der Waals surface area contributed by atoms with Gasteiger partial charge in [-0.15, -0.1) is 11.3 Å². The zero-order valence-electron chi connectivity index (χ0n) is 22.3. The first-order valence-electron chi connectivity index (χ1n) is 13.0. The van der Waals surface area contributed by atoms with Crippen molar-refractivity contribution in [3.05, 3.63) is 68.4 Å². The number of aliphatic hydroxyl groups excluding tert-OH is 2. The van der Waals surface area contributed by atoms with Gasteiger partial charge in [0.25, 0.3) is 5.92 Å². The number of carbonyl (C=O) groups is 2. The minimum Gasteiger partial charge on any atom is -0.479 e. The number of hydrogen-bond acceptors (Lipinski definition) is 8. The number of ether oxygens (including phenoxy) is 1. The molecule has 2 atom stereocenters. The number of thiophene rings is 1. The van der Waals surface area contributed by atoms with Gasteiger partial charge in [0.1, 0.15) is 23.7 Å². The number of carboxylic acids is 2. The van der Waals surface area contributed by atoms with Crippen LogP contribution in [-0.4, -0.2) is 78.9 Å². The first-order valence-corrected chi connectivity index (χ1v) is 14.2. The van der Waals surface area contributed by atoms with Crippen LogP contribution in [-0.2, 0) is 38.8 Å². The fourth-order valence-electron chi connectivity index (χ4n) is 4.93. The smallest absolute Gasteiger partial charge is 0.335 e. The summed E-state index contributed by atoms with van der Waals surface area (Å²) >= 11 is 7.30. The van der Waals surface area contributed by atoms with Gasteiger partial charge in [-0.05, 0) is 37.5 Å². The fraction of sp³-hybridized carbons (Fsp3) is 0.444. The molecule has 4 N–H and O–H groups in total. The number of aryl methyl sites for hydroxylation is 1. The molecule has 0 saturated carbocycles. The summed E-state index contributed by atoms with van der Waals surface area (Å²) in [7, 11) is 0. The van der Waals surface area contributed by atoms with E-state index in [4.69, 9.17) is 36.8 Å². The highest BCUT2D eigenvalue weighted by Gasteiger charge is 2.51. The zero-order valence-corrected chi connectivity index (χ0v) is 23.9. The Morgan fingerprint density at radius 2 is 1.76 bits per heavy atom. The molecule has 2 aliphatic heterocycles. The van der Waals surface area contributed by atoms with Gasteiger partial charge in [-0.25, -0.2) is 18.7 Å². The first-order chi connectivity index (χ1) is 19.8. The number of piperidine rings is 1. The van der Waals surface area contributed by atoms with Crippen LogP contribution in [0.2, 0.25) is 4.34 Å². The second-order valence-electron chi connectivity index (χ2n) is 9.97. The standard InChI is InChI=1S/C23H23ClF3N3OS.C4H6O6/c1-2-18-15(13-30(28-18)19-6-4-3-5-17(19)25)12-29-9-7-22(8-10-29)21-16(11-20(24)32-21)23(26,27)14-31-22;5-1(3(7)8)2(6)4(9)10/h3-6,11,13H,2,7-10,12,14H2,1H3;1-2,5-6H,(H,7,8)(H,9,10)/t;1-,2-/m.1/s1. The second-order valence-corrected chi connectivity index (χ2v) is 11.7. The lowest BCUT2D eigenvalue weighted by Gasteiger charge is -2.45. The summed E-state index contributed by atoms with van der Waals surface area (Å²) < 4.78 is 50.7. The number of halogens is 4. The molecule has 1 aromatic carbocycles. The molecular formula is C27H29ClF3N3O7S. The van der Waals surface area contributed by atoms with E-state index in [0.717, 1.165) is 17.7 Å². The summed E-state index contributed by atoms with van der Waals surface area (Å²) in [6.07, 6.45) is -0.665. The topological polar surface area (TPSA) is 145 Å². The third-order valence-corrected chi connectivity index (χ3v) is 8.66. The van der Waals surface area contributed by atoms with Crippen molar-refractivity contribution >= 4 is 34.9 Å². The molecule has 15 heteroatoms. The van der Waals surface area contributed by atoms with E-state index in [2.05, 4.69) is 10.00 Å². The summed E-state index contributed by atoms with van der Waals surface area (Å²) in [6.45, 7) is 3.49. The lowest BCUT2D eigenvalue weighted by molar-refractivity contribution is -0.182. The number of nitrogens with zero attached hydrogens (tertiary/aromatic N) is 3. The molecule has 1 spiro atoms. The Bertz CT molecular complexity index is 1420. The average molecular weight is 632 g/mol. The van der Waals surface area contributed by atoms with Gasteiger partial charge >= 0.3 is 11.9 Å². The van der Waals surface area contributed by atoms with Crippen LogP contribution in [0.5, 0.6) is 0 Å². The van der Waals surface area contributed by atoms with Gasteiger partial charge in [0.05, 0.1) is 10.0 Å². The van der Waals surface area contributed by atoms with Crippen LogP contribution < -0.4 is 0 Å². The maximum Gasteiger partial charge on any atom is 0.335 e. The number of rotatable bonds is 7. The Morgan fingerprint density at radius 3 is 2.33 bits per heavy atom. The van der Waals surface area contributed by atoms with Gasteiger partial charge < -0.3 is 25.2 Å². The van der Waals surface area contributed by atoms with Gasteiger partial charge in [-0.3, -0.25) is 4.90 Å². The van der Waals surface area contributed by atoms with Gasteiger partial charge in [0.15, 0.2) is 12.2 Å². The van der Waals surface area contributed by atoms with Crippen molar-refractivity contribution in [1.82, 2.24) is 14.7 Å². The van der Waals surface area contributed by atoms with E-state index in [1.165, 1.54) is 23.5 Å². The molecule has 3 aromatic rings. The Hall–Kier alpha value is -3.01. The monoisotopic (exact) mass is 631 g/mol. The molecule has 1 fully saturated rings. The van der Waals surface area contributed by atoms with E-state index in [1.807, 2.05) is 13.1 Å². The zero-order chi connectivity index (χ0) is 30.8. The number of para-hydroxylation sites is 1. The lowest BCUT2D eigenvalue weighted by atomic mass is 9.84. The quantitative estimate of drug-likeness (QED) is 0.306. The molecule has 2 aromatic heterocycles. The third kappa shape index (κ3) is 6.63. The lowest BCUT2D eigenvalue weighted by Crippen LogP contribution is -2.48. The van der Waals surface area contributed by atoms with Crippen molar-refractivity contribution in [3.8, 4) is 5.69 Å². The van der Waals surface area contributed by atoms with Gasteiger partial charge in [0, 0.05) is 41.8 Å². The van der Waals surface area contributed by atoms with E-state index >= 15 is 0 Å². The van der Waals surface area contributed by atoms with Gasteiger partial charge in [-0.1, -0.05) is 30.7 Å². The molecular weight excluding hydrogens is 603 g/mol. The second kappa shape index (κ2) is 12.7. The maximum atomic E-state index is 14.3. The van der Waals surface area contributed by atoms with Crippen LogP contribution in [0, 0.1) is 5.82 Å². The average Bonchev–Trinajstić information content (AvgIpc) is 3.56. The van der Waals surface area contributed by atoms with Crippen LogP contribution in [0.15, 0.2) is 36.5 Å². The van der Waals surface area contributed by atoms with Gasteiger partial charge in [-0.2, -0.15) is 13.9 Å². The van der Waals surface area contributed by atoms with Crippen LogP contribution in [0.4, 0.5) is 13.2 Å². The molecule has 0 unspecified atom stereocenters. The maximum absolute atomic E-state index is 14.3. The largest absolute Gasteiger partial charge is 0.479 e. The third-order valence-electron chi connectivity index (χ3n) is 7.21. The molecule has 228 valence electrons. The minimum absolute atomic E-state index is 0.0200. The number of aliphatic hydroxyl groups is 2. The summed E-state index contributed by atoms with van der Waals surface area (Å²) in [4.78, 5) is 22.4. The number of benzene rings is 1. The molecule has 5 rings (SSSR count). The van der Waals surface area contributed by atoms with Crippen molar-refractivity contribution in [2.75, 3.05) is 19.7 Å². The molecule has 0 bridgehead atoms. The highest BCUT2D eigenvalue weighted by Crippen LogP contribution is 2.52. The summed E-state index contributed by atoms with van der Waals surface area (Å²) in [5.41, 5.74) is 1.71.